The van der Waals surface area contributed by atoms with Crippen molar-refractivity contribution in [3.63, 3.8) is 0 Å². The van der Waals surface area contributed by atoms with Crippen molar-refractivity contribution in [2.45, 2.75) is 6.23 Å². The second-order valence-corrected chi connectivity index (χ2v) is 1.65. The lowest BCUT2D eigenvalue weighted by Crippen LogP contribution is -2.26. The molecule has 0 aromatic rings. The Morgan fingerprint density at radius 1 is 1.57 bits per heavy atom. The second-order valence-electron chi connectivity index (χ2n) is 1.65. The van der Waals surface area contributed by atoms with Crippen LogP contribution in [-0.2, 0) is 4.74 Å². The average molecular weight is 102 g/mol. The third kappa shape index (κ3) is 2.60. The fourth-order valence-corrected chi connectivity index (χ4v) is 0.211. The highest BCUT2D eigenvalue weighted by Gasteiger charge is 1.97. The van der Waals surface area contributed by atoms with Crippen molar-refractivity contribution in [2.75, 3.05) is 21.2 Å². The van der Waals surface area contributed by atoms with E-state index in [4.69, 9.17) is 4.74 Å². The summed E-state index contributed by atoms with van der Waals surface area (Å²) in [5, 5.41) is 0. The van der Waals surface area contributed by atoms with Gasteiger partial charge >= 0.3 is 0 Å². The second kappa shape index (κ2) is 2.99. The number of rotatable bonds is 2. The van der Waals surface area contributed by atoms with Gasteiger partial charge in [0.1, 0.15) is 6.23 Å². The third-order valence-corrected chi connectivity index (χ3v) is 0.848. The first kappa shape index (κ1) is 6.92. The van der Waals surface area contributed by atoms with Gasteiger partial charge in [0.15, 0.2) is 0 Å². The lowest BCUT2D eigenvalue weighted by atomic mass is 10.6. The molecule has 0 heterocycles. The molecule has 0 saturated carbocycles. The Morgan fingerprint density at radius 3 is 2.00 bits per heavy atom. The SMILES string of the molecule is [CH2]C(OC)N(C)C. The van der Waals surface area contributed by atoms with Crippen LogP contribution in [0.4, 0.5) is 0 Å². The molecule has 0 aliphatic carbocycles. The predicted octanol–water partition coefficient (Wildman–Crippen LogP) is 0.355. The molecule has 1 radical (unpaired) electrons. The van der Waals surface area contributed by atoms with Crippen LogP contribution in [0.25, 0.3) is 0 Å². The first-order chi connectivity index (χ1) is 3.18. The molecule has 0 spiro atoms. The molecule has 1 unspecified atom stereocenters. The maximum absolute atomic E-state index is 4.83. The predicted molar refractivity (Wildman–Crippen MR) is 29.8 cm³/mol. The molecule has 2 heteroatoms. The van der Waals surface area contributed by atoms with Gasteiger partial charge in [-0.15, -0.1) is 0 Å². The Morgan fingerprint density at radius 2 is 2.00 bits per heavy atom. The van der Waals surface area contributed by atoms with Gasteiger partial charge in [0, 0.05) is 7.11 Å². The Labute approximate surface area is 45.1 Å². The first-order valence-electron chi connectivity index (χ1n) is 2.20. The molecule has 0 aliphatic rings. The minimum atomic E-state index is -0.0139. The standard InChI is InChI=1S/C5H12NO/c1-5(7-4)6(2)3/h5H,1H2,2-4H3. The molecule has 0 amide bonds. The van der Waals surface area contributed by atoms with E-state index in [9.17, 15) is 0 Å². The van der Waals surface area contributed by atoms with Gasteiger partial charge in [0.2, 0.25) is 0 Å². The number of nitrogens with zero attached hydrogens (tertiary/aromatic N) is 1. The molecule has 0 aromatic heterocycles. The summed E-state index contributed by atoms with van der Waals surface area (Å²) < 4.78 is 4.83. The minimum Gasteiger partial charge on any atom is -0.366 e. The number of hydrogen-bond donors (Lipinski definition) is 0. The normalized spacial score (nSPS) is 15.0. The zero-order valence-corrected chi connectivity index (χ0v) is 5.14. The largest absolute Gasteiger partial charge is 0.366 e. The van der Waals surface area contributed by atoms with E-state index in [0.717, 1.165) is 0 Å². The smallest absolute Gasteiger partial charge is 0.109 e. The molecule has 0 rings (SSSR count). The van der Waals surface area contributed by atoms with Crippen LogP contribution >= 0.6 is 0 Å². The third-order valence-electron chi connectivity index (χ3n) is 0.848. The van der Waals surface area contributed by atoms with Crippen molar-refractivity contribution in [1.29, 1.82) is 0 Å². The van der Waals surface area contributed by atoms with Crippen LogP contribution < -0.4 is 0 Å². The van der Waals surface area contributed by atoms with Crippen molar-refractivity contribution < 1.29 is 4.74 Å². The number of ether oxygens (including phenoxy) is 1. The maximum atomic E-state index is 4.83. The van der Waals surface area contributed by atoms with Crippen LogP contribution in [0.3, 0.4) is 0 Å². The molecule has 0 aromatic carbocycles. The molecular formula is C5H12NO. The van der Waals surface area contributed by atoms with Crippen LogP contribution in [-0.4, -0.2) is 32.3 Å². The summed E-state index contributed by atoms with van der Waals surface area (Å²) in [4.78, 5) is 1.89. The molecule has 0 N–H and O–H groups in total. The summed E-state index contributed by atoms with van der Waals surface area (Å²) in [6.07, 6.45) is -0.0139. The van der Waals surface area contributed by atoms with Gasteiger partial charge in [-0.2, -0.15) is 0 Å². The zero-order chi connectivity index (χ0) is 5.86. The summed E-state index contributed by atoms with van der Waals surface area (Å²) in [5.74, 6) is 0. The van der Waals surface area contributed by atoms with Gasteiger partial charge in [-0.25, -0.2) is 0 Å². The van der Waals surface area contributed by atoms with E-state index in [1.807, 2.05) is 19.0 Å². The lowest BCUT2D eigenvalue weighted by molar-refractivity contribution is 0.0319. The van der Waals surface area contributed by atoms with Gasteiger partial charge in [-0.3, -0.25) is 4.90 Å². The molecule has 2 nitrogen and oxygen atoms in total. The quantitative estimate of drug-likeness (QED) is 0.467. The van der Waals surface area contributed by atoms with Gasteiger partial charge in [0.05, 0.1) is 0 Å². The topological polar surface area (TPSA) is 12.5 Å². The van der Waals surface area contributed by atoms with E-state index in [0.29, 0.717) is 0 Å². The summed E-state index contributed by atoms with van der Waals surface area (Å²) >= 11 is 0. The van der Waals surface area contributed by atoms with E-state index in [1.54, 1.807) is 7.11 Å². The van der Waals surface area contributed by atoms with Gasteiger partial charge in [-0.05, 0) is 21.0 Å². The summed E-state index contributed by atoms with van der Waals surface area (Å²) in [6.45, 7) is 3.66. The van der Waals surface area contributed by atoms with Gasteiger partial charge in [-0.1, -0.05) is 0 Å². The summed E-state index contributed by atoms with van der Waals surface area (Å²) in [5.41, 5.74) is 0. The highest BCUT2D eigenvalue weighted by atomic mass is 16.5. The molecule has 0 bridgehead atoms. The molecule has 1 atom stereocenters. The zero-order valence-electron chi connectivity index (χ0n) is 5.14. The maximum Gasteiger partial charge on any atom is 0.109 e. The van der Waals surface area contributed by atoms with Crippen molar-refractivity contribution in [3.8, 4) is 0 Å². The fourth-order valence-electron chi connectivity index (χ4n) is 0.211. The van der Waals surface area contributed by atoms with E-state index in [-0.39, 0.29) is 6.23 Å². The summed E-state index contributed by atoms with van der Waals surface area (Å²) in [7, 11) is 5.47. The summed E-state index contributed by atoms with van der Waals surface area (Å²) in [6, 6.07) is 0. The van der Waals surface area contributed by atoms with Crippen LogP contribution in [0.15, 0.2) is 0 Å². The average Bonchev–Trinajstić information content (AvgIpc) is 1.65. The fraction of sp³-hybridized carbons (Fsp3) is 0.800. The Bertz CT molecular complexity index is 45.3. The van der Waals surface area contributed by atoms with Crippen molar-refractivity contribution in [1.82, 2.24) is 4.90 Å². The number of hydrogen-bond acceptors (Lipinski definition) is 2. The van der Waals surface area contributed by atoms with E-state index in [2.05, 4.69) is 6.92 Å². The van der Waals surface area contributed by atoms with Crippen molar-refractivity contribution >= 4 is 0 Å². The Balaban J connectivity index is 3.14. The van der Waals surface area contributed by atoms with E-state index in [1.165, 1.54) is 0 Å². The van der Waals surface area contributed by atoms with Crippen molar-refractivity contribution in [2.24, 2.45) is 0 Å². The van der Waals surface area contributed by atoms with Crippen LogP contribution in [0, 0.1) is 6.92 Å². The van der Waals surface area contributed by atoms with Crippen LogP contribution in [0.1, 0.15) is 0 Å². The first-order valence-corrected chi connectivity index (χ1v) is 2.20. The van der Waals surface area contributed by atoms with E-state index >= 15 is 0 Å². The Hall–Kier alpha value is -0.0800. The Kier molecular flexibility index (Phi) is 2.96. The highest BCUT2D eigenvalue weighted by molar-refractivity contribution is 4.52. The molecule has 0 saturated heterocycles. The molecule has 0 fully saturated rings. The van der Waals surface area contributed by atoms with Crippen molar-refractivity contribution in [3.05, 3.63) is 6.92 Å². The van der Waals surface area contributed by atoms with Gasteiger partial charge < -0.3 is 4.74 Å². The van der Waals surface area contributed by atoms with Gasteiger partial charge in [0.25, 0.3) is 0 Å². The molecular weight excluding hydrogens is 90.1 g/mol. The lowest BCUT2D eigenvalue weighted by Gasteiger charge is -2.16. The minimum absolute atomic E-state index is 0.0139. The monoisotopic (exact) mass is 102 g/mol. The molecule has 43 valence electrons. The number of methoxy groups -OCH3 is 1. The molecule has 0 aliphatic heterocycles. The van der Waals surface area contributed by atoms with Crippen LogP contribution in [0.2, 0.25) is 0 Å². The van der Waals surface area contributed by atoms with Crippen LogP contribution in [0.5, 0.6) is 0 Å². The molecule has 7 heavy (non-hydrogen) atoms. The highest BCUT2D eigenvalue weighted by Crippen LogP contribution is 1.87. The van der Waals surface area contributed by atoms with E-state index < -0.39 is 0 Å².